The van der Waals surface area contributed by atoms with E-state index >= 15 is 0 Å². The van der Waals surface area contributed by atoms with Crippen molar-refractivity contribution in [2.75, 3.05) is 18.4 Å². The highest BCUT2D eigenvalue weighted by Gasteiger charge is 2.27. The van der Waals surface area contributed by atoms with Crippen molar-refractivity contribution in [2.45, 2.75) is 37.2 Å². The maximum Gasteiger partial charge on any atom is 0.357 e. The Morgan fingerprint density at radius 2 is 1.79 bits per heavy atom. The Morgan fingerprint density at radius 3 is 2.56 bits per heavy atom. The molecule has 1 amide bonds. The average molecular weight is 502 g/mol. The van der Waals surface area contributed by atoms with E-state index in [2.05, 4.69) is 10.3 Å². The van der Waals surface area contributed by atoms with Crippen LogP contribution in [0.4, 0.5) is 5.69 Å². The van der Waals surface area contributed by atoms with E-state index in [0.29, 0.717) is 18.6 Å². The number of aromatic nitrogens is 1. The Balaban J connectivity index is 1.46. The SMILES string of the molecule is C[C@H](OC(=O)c1ccc2ccccc2n1)C(=O)Nc1cc(S(=O)(=O)N2CCCCC2)ccc1Cl. The minimum absolute atomic E-state index is 0.0408. The standard InChI is InChI=1S/C24H24ClN3O5S/c1-16(33-24(30)21-12-9-17-7-3-4-8-20(17)26-21)23(29)27-22-15-18(10-11-19(22)25)34(31,32)28-13-5-2-6-14-28/h3-4,7-12,15-16H,2,5-6,13-14H2,1H3,(H,27,29)/t16-/m0/s1. The number of benzene rings is 2. The highest BCUT2D eigenvalue weighted by molar-refractivity contribution is 7.89. The van der Waals surface area contributed by atoms with Crippen molar-refractivity contribution in [1.82, 2.24) is 9.29 Å². The summed E-state index contributed by atoms with van der Waals surface area (Å²) in [6.07, 6.45) is 1.45. The van der Waals surface area contributed by atoms with Gasteiger partial charge in [0.2, 0.25) is 10.0 Å². The molecule has 0 bridgehead atoms. The van der Waals surface area contributed by atoms with Crippen LogP contribution < -0.4 is 5.32 Å². The van der Waals surface area contributed by atoms with Crippen LogP contribution in [0.2, 0.25) is 5.02 Å². The number of hydrogen-bond acceptors (Lipinski definition) is 6. The Hall–Kier alpha value is -3.01. The molecule has 1 aliphatic heterocycles. The second-order valence-electron chi connectivity index (χ2n) is 8.03. The number of nitrogens with one attached hydrogen (secondary N) is 1. The van der Waals surface area contributed by atoms with E-state index in [1.165, 1.54) is 35.5 Å². The molecule has 1 N–H and O–H groups in total. The number of carbonyl (C=O) groups excluding carboxylic acids is 2. The zero-order valence-electron chi connectivity index (χ0n) is 18.5. The number of fused-ring (bicyclic) bond motifs is 1. The number of esters is 1. The van der Waals surface area contributed by atoms with E-state index in [-0.39, 0.29) is 21.3 Å². The van der Waals surface area contributed by atoms with Gasteiger partial charge in [-0.15, -0.1) is 0 Å². The number of hydrogen-bond donors (Lipinski definition) is 1. The highest BCUT2D eigenvalue weighted by Crippen LogP contribution is 2.28. The number of rotatable bonds is 6. The van der Waals surface area contributed by atoms with Gasteiger partial charge in [-0.25, -0.2) is 18.2 Å². The van der Waals surface area contributed by atoms with Gasteiger partial charge in [0.25, 0.3) is 5.91 Å². The maximum atomic E-state index is 13.0. The van der Waals surface area contributed by atoms with Gasteiger partial charge >= 0.3 is 5.97 Å². The van der Waals surface area contributed by atoms with Crippen LogP contribution in [-0.4, -0.2) is 48.8 Å². The van der Waals surface area contributed by atoms with Crippen LogP contribution in [0.1, 0.15) is 36.7 Å². The summed E-state index contributed by atoms with van der Waals surface area (Å²) in [6.45, 7) is 2.33. The van der Waals surface area contributed by atoms with E-state index in [9.17, 15) is 18.0 Å². The molecule has 2 aromatic carbocycles. The summed E-state index contributed by atoms with van der Waals surface area (Å²) in [7, 11) is -3.70. The van der Waals surface area contributed by atoms with E-state index in [1.54, 1.807) is 12.1 Å². The fourth-order valence-electron chi connectivity index (χ4n) is 3.70. The highest BCUT2D eigenvalue weighted by atomic mass is 35.5. The smallest absolute Gasteiger partial charge is 0.357 e. The topological polar surface area (TPSA) is 106 Å². The number of nitrogens with zero attached hydrogens (tertiary/aromatic N) is 2. The van der Waals surface area contributed by atoms with E-state index in [4.69, 9.17) is 16.3 Å². The first-order valence-electron chi connectivity index (χ1n) is 10.9. The molecule has 1 fully saturated rings. The summed E-state index contributed by atoms with van der Waals surface area (Å²) < 4.78 is 32.6. The van der Waals surface area contributed by atoms with Crippen molar-refractivity contribution in [1.29, 1.82) is 0 Å². The van der Waals surface area contributed by atoms with Crippen molar-refractivity contribution in [3.8, 4) is 0 Å². The molecule has 1 aromatic heterocycles. The van der Waals surface area contributed by atoms with Gasteiger partial charge in [0.05, 0.1) is 21.1 Å². The number of ether oxygens (including phenoxy) is 1. The zero-order chi connectivity index (χ0) is 24.3. The van der Waals surface area contributed by atoms with E-state index < -0.39 is 28.0 Å². The molecular formula is C24H24ClN3O5S. The van der Waals surface area contributed by atoms with Crippen LogP contribution in [-0.2, 0) is 19.6 Å². The number of amides is 1. The summed E-state index contributed by atoms with van der Waals surface area (Å²) in [6, 6.07) is 14.8. The third-order valence-electron chi connectivity index (χ3n) is 5.61. The molecule has 4 rings (SSSR count). The normalized spacial score (nSPS) is 15.6. The molecule has 1 atom stereocenters. The lowest BCUT2D eigenvalue weighted by molar-refractivity contribution is -0.123. The predicted molar refractivity (Wildman–Crippen MR) is 129 cm³/mol. The predicted octanol–water partition coefficient (Wildman–Crippen LogP) is 4.25. The Labute approximate surface area is 202 Å². The molecule has 1 saturated heterocycles. The number of halogens is 1. The van der Waals surface area contributed by atoms with Crippen LogP contribution in [0, 0.1) is 0 Å². The molecule has 178 valence electrons. The van der Waals surface area contributed by atoms with E-state index in [0.717, 1.165) is 24.6 Å². The summed E-state index contributed by atoms with van der Waals surface area (Å²) >= 11 is 6.20. The van der Waals surface area contributed by atoms with Gasteiger partial charge in [-0.05, 0) is 50.1 Å². The monoisotopic (exact) mass is 501 g/mol. The first-order valence-corrected chi connectivity index (χ1v) is 12.7. The van der Waals surface area contributed by atoms with Crippen molar-refractivity contribution >= 4 is 50.1 Å². The van der Waals surface area contributed by atoms with Crippen molar-refractivity contribution < 1.29 is 22.7 Å². The third-order valence-corrected chi connectivity index (χ3v) is 7.83. The van der Waals surface area contributed by atoms with Crippen LogP contribution in [0.5, 0.6) is 0 Å². The van der Waals surface area contributed by atoms with Gasteiger partial charge < -0.3 is 10.1 Å². The van der Waals surface area contributed by atoms with Crippen molar-refractivity contribution in [2.24, 2.45) is 0 Å². The molecule has 8 nitrogen and oxygen atoms in total. The van der Waals surface area contributed by atoms with Crippen molar-refractivity contribution in [3.63, 3.8) is 0 Å². The van der Waals surface area contributed by atoms with Crippen LogP contribution in [0.25, 0.3) is 10.9 Å². The van der Waals surface area contributed by atoms with Gasteiger partial charge in [0, 0.05) is 18.5 Å². The molecule has 34 heavy (non-hydrogen) atoms. The fraction of sp³-hybridized carbons (Fsp3) is 0.292. The second-order valence-corrected chi connectivity index (χ2v) is 10.4. The zero-order valence-corrected chi connectivity index (χ0v) is 20.1. The average Bonchev–Trinajstić information content (AvgIpc) is 2.85. The molecule has 0 saturated carbocycles. The minimum Gasteiger partial charge on any atom is -0.448 e. The summed E-state index contributed by atoms with van der Waals surface area (Å²) in [5.41, 5.74) is 0.829. The molecule has 0 radical (unpaired) electrons. The number of pyridine rings is 1. The summed E-state index contributed by atoms with van der Waals surface area (Å²) in [4.78, 5) is 29.5. The molecule has 0 spiro atoms. The molecule has 10 heteroatoms. The number of para-hydroxylation sites is 1. The lowest BCUT2D eigenvalue weighted by atomic mass is 10.2. The van der Waals surface area contributed by atoms with Crippen LogP contribution >= 0.6 is 11.6 Å². The number of sulfonamides is 1. The van der Waals surface area contributed by atoms with Crippen LogP contribution in [0.15, 0.2) is 59.5 Å². The quantitative estimate of drug-likeness (QED) is 0.506. The Bertz CT molecular complexity index is 1340. The van der Waals surface area contributed by atoms with Crippen molar-refractivity contribution in [3.05, 3.63) is 65.3 Å². The molecule has 2 heterocycles. The number of carbonyl (C=O) groups is 2. The summed E-state index contributed by atoms with van der Waals surface area (Å²) in [5.74, 6) is -1.40. The lowest BCUT2D eigenvalue weighted by Gasteiger charge is -2.26. The molecule has 0 unspecified atom stereocenters. The number of piperidine rings is 1. The Kier molecular flexibility index (Phi) is 7.16. The largest absolute Gasteiger partial charge is 0.448 e. The van der Waals surface area contributed by atoms with E-state index in [1.807, 2.05) is 18.2 Å². The third kappa shape index (κ3) is 5.22. The van der Waals surface area contributed by atoms with Gasteiger partial charge in [-0.2, -0.15) is 4.31 Å². The molecular weight excluding hydrogens is 478 g/mol. The molecule has 0 aliphatic carbocycles. The lowest BCUT2D eigenvalue weighted by Crippen LogP contribution is -2.35. The molecule has 1 aliphatic rings. The Morgan fingerprint density at radius 1 is 1.06 bits per heavy atom. The number of anilines is 1. The van der Waals surface area contributed by atoms with Gasteiger partial charge in [0.15, 0.2) is 6.10 Å². The second kappa shape index (κ2) is 10.1. The van der Waals surface area contributed by atoms with Crippen LogP contribution in [0.3, 0.4) is 0 Å². The fourth-order valence-corrected chi connectivity index (χ4v) is 5.41. The minimum atomic E-state index is -3.70. The van der Waals surface area contributed by atoms with Gasteiger partial charge in [-0.3, -0.25) is 4.79 Å². The summed E-state index contributed by atoms with van der Waals surface area (Å²) in [5, 5.41) is 3.60. The maximum absolute atomic E-state index is 13.0. The molecule has 3 aromatic rings. The first kappa shape index (κ1) is 24.1. The first-order chi connectivity index (χ1) is 16.3. The van der Waals surface area contributed by atoms with Gasteiger partial charge in [-0.1, -0.05) is 42.3 Å². The van der Waals surface area contributed by atoms with Gasteiger partial charge in [0.1, 0.15) is 5.69 Å².